The van der Waals surface area contributed by atoms with Crippen molar-refractivity contribution >= 4 is 23.4 Å². The molecule has 35 heavy (non-hydrogen) atoms. The predicted octanol–water partition coefficient (Wildman–Crippen LogP) is 3.19. The number of nitrogens with zero attached hydrogens (tertiary/aromatic N) is 3. The van der Waals surface area contributed by atoms with E-state index in [0.717, 1.165) is 23.1 Å². The lowest BCUT2D eigenvalue weighted by atomic mass is 9.89. The normalized spacial score (nSPS) is 20.5. The third-order valence-corrected chi connectivity index (χ3v) is 6.47. The van der Waals surface area contributed by atoms with E-state index in [2.05, 4.69) is 5.92 Å². The zero-order valence-corrected chi connectivity index (χ0v) is 18.7. The lowest BCUT2D eigenvalue weighted by molar-refractivity contribution is -0.151. The van der Waals surface area contributed by atoms with Crippen LogP contribution in [0.15, 0.2) is 42.5 Å². The molecule has 2 aromatic carbocycles. The Balaban J connectivity index is 1.71. The van der Waals surface area contributed by atoms with E-state index in [1.165, 1.54) is 41.0 Å². The Bertz CT molecular complexity index is 1240. The Morgan fingerprint density at radius 2 is 1.83 bits per heavy atom. The van der Waals surface area contributed by atoms with Crippen molar-refractivity contribution in [2.45, 2.75) is 31.6 Å². The van der Waals surface area contributed by atoms with Crippen LogP contribution in [-0.4, -0.2) is 52.7 Å². The third kappa shape index (κ3) is 4.34. The molecule has 2 fully saturated rings. The number of hydrogen-bond donors (Lipinski definition) is 0. The standard InChI is InChI=1S/C25H21F4N3O3/c1-3-17-6-9-21(20(26)12-17)31-14-22(34)32(13-18-4-7-19(8-5-18)25(27,28)29)24(23(31)35)10-11-30(15-24)16(2)33/h1,4-9,12H,10-11,13-15H2,2H3/t24-/m0/s1. The summed E-state index contributed by atoms with van der Waals surface area (Å²) in [5.74, 6) is 0.149. The third-order valence-electron chi connectivity index (χ3n) is 6.47. The van der Waals surface area contributed by atoms with Gasteiger partial charge >= 0.3 is 6.18 Å². The Morgan fingerprint density at radius 3 is 2.37 bits per heavy atom. The molecule has 6 nitrogen and oxygen atoms in total. The smallest absolute Gasteiger partial charge is 0.340 e. The van der Waals surface area contributed by atoms with Crippen molar-refractivity contribution in [3.8, 4) is 12.3 Å². The van der Waals surface area contributed by atoms with Crippen LogP contribution < -0.4 is 4.90 Å². The highest BCUT2D eigenvalue weighted by Crippen LogP contribution is 2.38. The maximum Gasteiger partial charge on any atom is 0.416 e. The Kier molecular flexibility index (Phi) is 6.05. The van der Waals surface area contributed by atoms with E-state index >= 15 is 0 Å². The van der Waals surface area contributed by atoms with Crippen LogP contribution in [-0.2, 0) is 27.1 Å². The summed E-state index contributed by atoms with van der Waals surface area (Å²) in [5, 5.41) is 0. The topological polar surface area (TPSA) is 60.9 Å². The van der Waals surface area contributed by atoms with Gasteiger partial charge < -0.3 is 9.80 Å². The van der Waals surface area contributed by atoms with Gasteiger partial charge in [-0.25, -0.2) is 4.39 Å². The zero-order chi connectivity index (χ0) is 25.5. The summed E-state index contributed by atoms with van der Waals surface area (Å²) in [6.45, 7) is 0.830. The van der Waals surface area contributed by atoms with Crippen LogP contribution >= 0.6 is 0 Å². The van der Waals surface area contributed by atoms with E-state index in [4.69, 9.17) is 6.42 Å². The lowest BCUT2D eigenvalue weighted by Crippen LogP contribution is -2.69. The van der Waals surface area contributed by atoms with Gasteiger partial charge in [0, 0.05) is 25.6 Å². The van der Waals surface area contributed by atoms with Crippen molar-refractivity contribution < 1.29 is 31.9 Å². The molecular formula is C25H21F4N3O3. The molecule has 0 unspecified atom stereocenters. The molecule has 0 saturated carbocycles. The molecule has 2 aromatic rings. The van der Waals surface area contributed by atoms with E-state index in [-0.39, 0.29) is 43.2 Å². The maximum absolute atomic E-state index is 14.8. The number of alkyl halides is 3. The number of carbonyl (C=O) groups excluding carboxylic acids is 3. The highest BCUT2D eigenvalue weighted by molar-refractivity contribution is 6.10. The molecule has 4 rings (SSSR count). The molecule has 182 valence electrons. The molecule has 1 spiro atoms. The van der Waals surface area contributed by atoms with Gasteiger partial charge in [-0.3, -0.25) is 19.3 Å². The second kappa shape index (κ2) is 8.73. The molecular weight excluding hydrogens is 466 g/mol. The average Bonchev–Trinajstić information content (AvgIpc) is 3.26. The van der Waals surface area contributed by atoms with Crippen LogP contribution in [0.4, 0.5) is 23.2 Å². The number of anilines is 1. The highest BCUT2D eigenvalue weighted by Gasteiger charge is 2.56. The van der Waals surface area contributed by atoms with Gasteiger partial charge in [-0.2, -0.15) is 13.2 Å². The minimum Gasteiger partial charge on any atom is -0.340 e. The summed E-state index contributed by atoms with van der Waals surface area (Å²) in [4.78, 5) is 42.9. The molecule has 1 atom stereocenters. The largest absolute Gasteiger partial charge is 0.416 e. The molecule has 0 aliphatic carbocycles. The first kappa shape index (κ1) is 24.3. The fourth-order valence-corrected chi connectivity index (χ4v) is 4.59. The van der Waals surface area contributed by atoms with E-state index < -0.39 is 41.5 Å². The van der Waals surface area contributed by atoms with Crippen molar-refractivity contribution in [1.82, 2.24) is 9.80 Å². The first-order valence-electron chi connectivity index (χ1n) is 10.8. The Hall–Kier alpha value is -3.87. The highest BCUT2D eigenvalue weighted by atomic mass is 19.4. The number of terminal acetylenes is 1. The summed E-state index contributed by atoms with van der Waals surface area (Å²) < 4.78 is 53.6. The Morgan fingerprint density at radius 1 is 1.14 bits per heavy atom. The van der Waals surface area contributed by atoms with Gasteiger partial charge in [-0.05, 0) is 42.3 Å². The number of hydrogen-bond acceptors (Lipinski definition) is 3. The molecule has 0 bridgehead atoms. The minimum atomic E-state index is -4.51. The van der Waals surface area contributed by atoms with E-state index in [0.29, 0.717) is 5.56 Å². The van der Waals surface area contributed by atoms with Gasteiger partial charge in [-0.1, -0.05) is 18.1 Å². The first-order chi connectivity index (χ1) is 16.5. The van der Waals surface area contributed by atoms with Crippen LogP contribution in [0, 0.1) is 18.2 Å². The summed E-state index contributed by atoms with van der Waals surface area (Å²) >= 11 is 0. The molecule has 0 N–H and O–H groups in total. The van der Waals surface area contributed by atoms with Gasteiger partial charge in [0.2, 0.25) is 11.8 Å². The van der Waals surface area contributed by atoms with Gasteiger partial charge in [0.05, 0.1) is 17.8 Å². The van der Waals surface area contributed by atoms with Gasteiger partial charge in [0.15, 0.2) is 0 Å². The average molecular weight is 487 g/mol. The summed E-state index contributed by atoms with van der Waals surface area (Å²) in [6, 6.07) is 8.17. The fourth-order valence-electron chi connectivity index (χ4n) is 4.59. The van der Waals surface area contributed by atoms with Gasteiger partial charge in [-0.15, -0.1) is 6.42 Å². The second-order valence-electron chi connectivity index (χ2n) is 8.60. The van der Waals surface area contributed by atoms with Crippen LogP contribution in [0.5, 0.6) is 0 Å². The lowest BCUT2D eigenvalue weighted by Gasteiger charge is -2.47. The molecule has 2 aliphatic heterocycles. The number of carbonyl (C=O) groups is 3. The molecule has 0 aromatic heterocycles. The van der Waals surface area contributed by atoms with Crippen LogP contribution in [0.2, 0.25) is 0 Å². The van der Waals surface area contributed by atoms with Crippen LogP contribution in [0.3, 0.4) is 0 Å². The quantitative estimate of drug-likeness (QED) is 0.494. The first-order valence-corrected chi connectivity index (χ1v) is 10.8. The molecule has 2 saturated heterocycles. The van der Waals surface area contributed by atoms with Gasteiger partial charge in [0.1, 0.15) is 17.9 Å². The summed E-state index contributed by atoms with van der Waals surface area (Å²) in [6.07, 6.45) is 0.901. The molecule has 0 radical (unpaired) electrons. The SMILES string of the molecule is C#Cc1ccc(N2CC(=O)N(Cc3ccc(C(F)(F)F)cc3)[C@]3(CCN(C(C)=O)C3)C2=O)c(F)c1. The Labute approximate surface area is 199 Å². The summed E-state index contributed by atoms with van der Waals surface area (Å²) in [5.41, 5.74) is -1.78. The number of amides is 3. The van der Waals surface area contributed by atoms with Crippen molar-refractivity contribution in [2.75, 3.05) is 24.5 Å². The number of halogens is 4. The second-order valence-corrected chi connectivity index (χ2v) is 8.60. The van der Waals surface area contributed by atoms with Crippen molar-refractivity contribution in [2.24, 2.45) is 0 Å². The monoisotopic (exact) mass is 487 g/mol. The predicted molar refractivity (Wildman–Crippen MR) is 118 cm³/mol. The van der Waals surface area contributed by atoms with Gasteiger partial charge in [0.25, 0.3) is 5.91 Å². The fraction of sp³-hybridized carbons (Fsp3) is 0.320. The van der Waals surface area contributed by atoms with E-state index in [9.17, 15) is 31.9 Å². The number of benzene rings is 2. The summed E-state index contributed by atoms with van der Waals surface area (Å²) in [7, 11) is 0. The molecule has 2 heterocycles. The zero-order valence-electron chi connectivity index (χ0n) is 18.7. The molecule has 2 aliphatic rings. The maximum atomic E-state index is 14.8. The van der Waals surface area contributed by atoms with E-state index in [1.54, 1.807) is 0 Å². The van der Waals surface area contributed by atoms with Crippen molar-refractivity contribution in [3.63, 3.8) is 0 Å². The number of rotatable bonds is 3. The number of likely N-dealkylation sites (tertiary alicyclic amines) is 1. The molecule has 10 heteroatoms. The van der Waals surface area contributed by atoms with Crippen molar-refractivity contribution in [1.29, 1.82) is 0 Å². The van der Waals surface area contributed by atoms with Crippen LogP contribution in [0.25, 0.3) is 0 Å². The van der Waals surface area contributed by atoms with Crippen molar-refractivity contribution in [3.05, 3.63) is 65.0 Å². The van der Waals surface area contributed by atoms with E-state index in [1.807, 2.05) is 0 Å². The molecule has 3 amide bonds. The minimum absolute atomic E-state index is 0.103. The van der Waals surface area contributed by atoms with Crippen LogP contribution in [0.1, 0.15) is 30.0 Å². The number of piperazine rings is 1.